The van der Waals surface area contributed by atoms with Crippen molar-refractivity contribution in [3.8, 4) is 0 Å². The fourth-order valence-corrected chi connectivity index (χ4v) is 5.24. The molecule has 7 nitrogen and oxygen atoms in total. The number of nitrogens with one attached hydrogen (secondary N) is 2. The summed E-state index contributed by atoms with van der Waals surface area (Å²) < 4.78 is 32.1. The molecule has 2 aliphatic rings. The van der Waals surface area contributed by atoms with E-state index in [-0.39, 0.29) is 12.3 Å². The van der Waals surface area contributed by atoms with Crippen LogP contribution in [0.25, 0.3) is 0 Å². The molecule has 1 aromatic carbocycles. The van der Waals surface area contributed by atoms with Crippen molar-refractivity contribution in [3.05, 3.63) is 29.3 Å². The molecule has 138 valence electrons. The van der Waals surface area contributed by atoms with E-state index >= 15 is 0 Å². The molecule has 0 aromatic heterocycles. The Bertz CT molecular complexity index is 724. The average Bonchev–Trinajstić information content (AvgIpc) is 3.05. The van der Waals surface area contributed by atoms with E-state index in [2.05, 4.69) is 10.6 Å². The van der Waals surface area contributed by atoms with E-state index in [1.54, 1.807) is 0 Å². The van der Waals surface area contributed by atoms with Crippen LogP contribution < -0.4 is 10.6 Å². The molecule has 1 amide bonds. The van der Waals surface area contributed by atoms with Gasteiger partial charge in [-0.05, 0) is 43.5 Å². The van der Waals surface area contributed by atoms with Crippen LogP contribution in [-0.4, -0.2) is 62.8 Å². The monoisotopic (exact) mass is 367 g/mol. The number of hydrogen-bond donors (Lipinski definition) is 2. The summed E-state index contributed by atoms with van der Waals surface area (Å²) in [7, 11) is -3.40. The van der Waals surface area contributed by atoms with Crippen LogP contribution in [0, 0.1) is 13.8 Å². The first-order chi connectivity index (χ1) is 11.9. The number of rotatable bonds is 4. The summed E-state index contributed by atoms with van der Waals surface area (Å²) in [6, 6.07) is 5.35. The Balaban J connectivity index is 1.62. The maximum Gasteiger partial charge on any atom is 0.241 e. The molecule has 8 heteroatoms. The van der Waals surface area contributed by atoms with Crippen LogP contribution in [0.3, 0.4) is 0 Å². The quantitative estimate of drug-likeness (QED) is 0.815. The summed E-state index contributed by atoms with van der Waals surface area (Å²) in [4.78, 5) is 12.5. The minimum atomic E-state index is -3.40. The summed E-state index contributed by atoms with van der Waals surface area (Å²) in [5, 5.41) is 5.37. The maximum absolute atomic E-state index is 12.7. The highest BCUT2D eigenvalue weighted by atomic mass is 32.2. The third-order valence-corrected chi connectivity index (χ3v) is 6.93. The van der Waals surface area contributed by atoms with Gasteiger partial charge in [-0.1, -0.05) is 6.07 Å². The van der Waals surface area contributed by atoms with Gasteiger partial charge < -0.3 is 15.4 Å². The van der Waals surface area contributed by atoms with Crippen LogP contribution in [0.15, 0.2) is 18.2 Å². The molecule has 2 saturated heterocycles. The van der Waals surface area contributed by atoms with Gasteiger partial charge in [0.15, 0.2) is 0 Å². The number of amides is 1. The molecular formula is C17H25N3O4S. The fourth-order valence-electron chi connectivity index (χ4n) is 3.42. The third kappa shape index (κ3) is 4.20. The van der Waals surface area contributed by atoms with Crippen molar-refractivity contribution in [3.63, 3.8) is 0 Å². The molecule has 0 aliphatic carbocycles. The second-order valence-corrected chi connectivity index (χ2v) is 8.95. The number of hydrogen-bond acceptors (Lipinski definition) is 5. The predicted octanol–water partition coefficient (Wildman–Crippen LogP) is 0.634. The number of carbonyl (C=O) groups excluding carboxylic acids is 1. The summed E-state index contributed by atoms with van der Waals surface area (Å²) in [6.45, 7) is 5.87. The van der Waals surface area contributed by atoms with E-state index in [0.717, 1.165) is 16.8 Å². The predicted molar refractivity (Wildman–Crippen MR) is 96.1 cm³/mol. The first-order valence-corrected chi connectivity index (χ1v) is 10.1. The molecule has 0 bridgehead atoms. The third-order valence-electron chi connectivity index (χ3n) is 4.65. The number of morpholine rings is 1. The van der Waals surface area contributed by atoms with E-state index in [0.29, 0.717) is 32.8 Å². The number of sulfonamides is 1. The Hall–Kier alpha value is -1.48. The molecule has 3 rings (SSSR count). The van der Waals surface area contributed by atoms with Crippen molar-refractivity contribution in [1.29, 1.82) is 0 Å². The molecule has 0 saturated carbocycles. The largest absolute Gasteiger partial charge is 0.379 e. The maximum atomic E-state index is 12.7. The SMILES string of the molecule is Cc1cc(C)cc(NC(=O)C2CC(S(=O)(=O)N3CCOCC3)CN2)c1. The van der Waals surface area contributed by atoms with Crippen molar-refractivity contribution >= 4 is 21.6 Å². The van der Waals surface area contributed by atoms with E-state index in [4.69, 9.17) is 4.74 Å². The van der Waals surface area contributed by atoms with Crippen molar-refractivity contribution in [2.24, 2.45) is 0 Å². The van der Waals surface area contributed by atoms with Gasteiger partial charge >= 0.3 is 0 Å². The van der Waals surface area contributed by atoms with Gasteiger partial charge in [-0.3, -0.25) is 4.79 Å². The lowest BCUT2D eigenvalue weighted by Gasteiger charge is -2.28. The number of aryl methyl sites for hydroxylation is 2. The lowest BCUT2D eigenvalue weighted by molar-refractivity contribution is -0.117. The molecule has 1 aromatic rings. The van der Waals surface area contributed by atoms with Crippen LogP contribution in [0.1, 0.15) is 17.5 Å². The summed E-state index contributed by atoms with van der Waals surface area (Å²) in [5.41, 5.74) is 2.88. The first kappa shape index (κ1) is 18.3. The van der Waals surface area contributed by atoms with Gasteiger partial charge in [-0.25, -0.2) is 8.42 Å². The average molecular weight is 367 g/mol. The summed E-state index contributed by atoms with van der Waals surface area (Å²) in [6.07, 6.45) is 0.288. The number of benzene rings is 1. The van der Waals surface area contributed by atoms with Crippen molar-refractivity contribution in [2.45, 2.75) is 31.6 Å². The number of carbonyl (C=O) groups is 1. The van der Waals surface area contributed by atoms with Crippen LogP contribution in [0.4, 0.5) is 5.69 Å². The molecular weight excluding hydrogens is 342 g/mol. The Kier molecular flexibility index (Phi) is 5.43. The van der Waals surface area contributed by atoms with Gasteiger partial charge in [0.25, 0.3) is 0 Å². The minimum Gasteiger partial charge on any atom is -0.379 e. The lowest BCUT2D eigenvalue weighted by atomic mass is 10.1. The molecule has 2 heterocycles. The van der Waals surface area contributed by atoms with Gasteiger partial charge in [0.1, 0.15) is 0 Å². The smallest absolute Gasteiger partial charge is 0.241 e. The van der Waals surface area contributed by atoms with E-state index in [1.807, 2.05) is 32.0 Å². The molecule has 2 unspecified atom stereocenters. The van der Waals surface area contributed by atoms with E-state index < -0.39 is 21.3 Å². The van der Waals surface area contributed by atoms with Gasteiger partial charge in [-0.2, -0.15) is 4.31 Å². The summed E-state index contributed by atoms with van der Waals surface area (Å²) >= 11 is 0. The second kappa shape index (κ2) is 7.41. The van der Waals surface area contributed by atoms with Crippen LogP contribution in [-0.2, 0) is 19.6 Å². The molecule has 2 atom stereocenters. The van der Waals surface area contributed by atoms with Gasteiger partial charge in [0.2, 0.25) is 15.9 Å². The number of anilines is 1. The van der Waals surface area contributed by atoms with Crippen LogP contribution >= 0.6 is 0 Å². The molecule has 0 radical (unpaired) electrons. The van der Waals surface area contributed by atoms with Gasteiger partial charge in [0, 0.05) is 25.3 Å². The molecule has 2 fully saturated rings. The Morgan fingerprint density at radius 2 is 1.84 bits per heavy atom. The Morgan fingerprint density at radius 3 is 2.48 bits per heavy atom. The van der Waals surface area contributed by atoms with Crippen LogP contribution in [0.5, 0.6) is 0 Å². The molecule has 0 spiro atoms. The summed E-state index contributed by atoms with van der Waals surface area (Å²) in [5.74, 6) is -0.190. The normalized spacial score (nSPS) is 25.0. The first-order valence-electron chi connectivity index (χ1n) is 8.55. The zero-order valence-corrected chi connectivity index (χ0v) is 15.4. The highest BCUT2D eigenvalue weighted by Gasteiger charge is 2.40. The van der Waals surface area contributed by atoms with Gasteiger partial charge in [0.05, 0.1) is 24.5 Å². The van der Waals surface area contributed by atoms with Crippen molar-refractivity contribution in [2.75, 3.05) is 38.2 Å². The minimum absolute atomic E-state index is 0.190. The highest BCUT2D eigenvalue weighted by molar-refractivity contribution is 7.89. The Labute approximate surface area is 148 Å². The second-order valence-electron chi connectivity index (χ2n) is 6.74. The van der Waals surface area contributed by atoms with E-state index in [1.165, 1.54) is 4.31 Å². The topological polar surface area (TPSA) is 87.7 Å². The number of nitrogens with zero attached hydrogens (tertiary/aromatic N) is 1. The zero-order chi connectivity index (χ0) is 18.0. The van der Waals surface area contributed by atoms with Crippen molar-refractivity contribution in [1.82, 2.24) is 9.62 Å². The number of ether oxygens (including phenoxy) is 1. The van der Waals surface area contributed by atoms with Crippen LogP contribution in [0.2, 0.25) is 0 Å². The Morgan fingerprint density at radius 1 is 1.20 bits per heavy atom. The highest BCUT2D eigenvalue weighted by Crippen LogP contribution is 2.21. The lowest BCUT2D eigenvalue weighted by Crippen LogP contribution is -2.45. The fraction of sp³-hybridized carbons (Fsp3) is 0.588. The zero-order valence-electron chi connectivity index (χ0n) is 14.6. The van der Waals surface area contributed by atoms with Crippen molar-refractivity contribution < 1.29 is 17.9 Å². The van der Waals surface area contributed by atoms with E-state index in [9.17, 15) is 13.2 Å². The molecule has 25 heavy (non-hydrogen) atoms. The van der Waals surface area contributed by atoms with Gasteiger partial charge in [-0.15, -0.1) is 0 Å². The molecule has 2 N–H and O–H groups in total. The standard InChI is InChI=1S/C17H25N3O4S/c1-12-7-13(2)9-14(8-12)19-17(21)16-10-15(11-18-16)25(22,23)20-3-5-24-6-4-20/h7-9,15-16,18H,3-6,10-11H2,1-2H3,(H,19,21). The molecule has 2 aliphatic heterocycles.